The Morgan fingerprint density at radius 1 is 1.53 bits per heavy atom. The molecule has 0 fully saturated rings. The predicted molar refractivity (Wildman–Crippen MR) is 75.4 cm³/mol. The fourth-order valence-electron chi connectivity index (χ4n) is 1.43. The topological polar surface area (TPSA) is 63.8 Å². The third-order valence-corrected chi connectivity index (χ3v) is 3.48. The van der Waals surface area contributed by atoms with Crippen molar-refractivity contribution in [3.05, 3.63) is 32.8 Å². The first-order valence-corrected chi connectivity index (χ1v) is 6.88. The molecule has 0 bridgehead atoms. The lowest BCUT2D eigenvalue weighted by Gasteiger charge is -2.07. The molecule has 2 aromatic heterocycles. The van der Waals surface area contributed by atoms with Crippen molar-refractivity contribution in [2.75, 3.05) is 17.6 Å². The molecule has 0 atom stereocenters. The van der Waals surface area contributed by atoms with E-state index < -0.39 is 0 Å². The molecule has 0 aliphatic carbocycles. The van der Waals surface area contributed by atoms with Gasteiger partial charge in [-0.3, -0.25) is 0 Å². The van der Waals surface area contributed by atoms with Gasteiger partial charge >= 0.3 is 0 Å². The van der Waals surface area contributed by atoms with Gasteiger partial charge in [0.2, 0.25) is 0 Å². The van der Waals surface area contributed by atoms with Gasteiger partial charge in [-0.25, -0.2) is 9.97 Å². The fourth-order valence-corrected chi connectivity index (χ4v) is 2.43. The Kier molecular flexibility index (Phi) is 3.96. The van der Waals surface area contributed by atoms with Gasteiger partial charge in [-0.05, 0) is 28.9 Å². The molecule has 0 radical (unpaired) electrons. The number of hydrogen-bond donors (Lipinski definition) is 2. The number of nitrogens with one attached hydrogen (secondary N) is 1. The average molecular weight is 313 g/mol. The highest BCUT2D eigenvalue weighted by atomic mass is 79.9. The Hall–Kier alpha value is -1.14. The average Bonchev–Trinajstić information content (AvgIpc) is 2.68. The van der Waals surface area contributed by atoms with Gasteiger partial charge in [0.15, 0.2) is 0 Å². The van der Waals surface area contributed by atoms with Crippen LogP contribution in [0.5, 0.6) is 0 Å². The number of nitrogens with zero attached hydrogens (tertiary/aromatic N) is 2. The van der Waals surface area contributed by atoms with E-state index in [-0.39, 0.29) is 0 Å². The molecule has 0 amide bonds. The summed E-state index contributed by atoms with van der Waals surface area (Å²) in [5.41, 5.74) is 7.59. The van der Waals surface area contributed by atoms with Crippen molar-refractivity contribution in [1.82, 2.24) is 9.97 Å². The maximum Gasteiger partial charge on any atom is 0.149 e. The molecule has 0 aliphatic heterocycles. The van der Waals surface area contributed by atoms with Crippen LogP contribution < -0.4 is 11.1 Å². The van der Waals surface area contributed by atoms with E-state index in [9.17, 15) is 0 Å². The summed E-state index contributed by atoms with van der Waals surface area (Å²) in [5, 5.41) is 6.38. The van der Waals surface area contributed by atoms with Gasteiger partial charge in [0, 0.05) is 29.0 Å². The van der Waals surface area contributed by atoms with Gasteiger partial charge in [0.05, 0.1) is 16.4 Å². The summed E-state index contributed by atoms with van der Waals surface area (Å²) in [4.78, 5) is 8.61. The molecule has 0 saturated heterocycles. The van der Waals surface area contributed by atoms with Crippen LogP contribution in [0.15, 0.2) is 22.1 Å². The van der Waals surface area contributed by atoms with Crippen molar-refractivity contribution in [1.29, 1.82) is 0 Å². The predicted octanol–water partition coefficient (Wildman–Crippen LogP) is 2.85. The number of hydrogen-bond acceptors (Lipinski definition) is 5. The van der Waals surface area contributed by atoms with E-state index in [2.05, 4.69) is 36.6 Å². The zero-order valence-corrected chi connectivity index (χ0v) is 11.8. The summed E-state index contributed by atoms with van der Waals surface area (Å²) in [7, 11) is 0. The first kappa shape index (κ1) is 12.3. The standard InChI is InChI=1S/C11H13BrN4S/c1-7-16-9(6-17-7)2-3-14-11-10(13)4-8(12)5-15-11/h4-6H,2-3,13H2,1H3,(H,14,15). The highest BCUT2D eigenvalue weighted by molar-refractivity contribution is 9.10. The maximum absolute atomic E-state index is 5.84. The van der Waals surface area contributed by atoms with Crippen molar-refractivity contribution in [2.45, 2.75) is 13.3 Å². The van der Waals surface area contributed by atoms with E-state index in [4.69, 9.17) is 5.73 Å². The molecule has 3 N–H and O–H groups in total. The molecule has 6 heteroatoms. The smallest absolute Gasteiger partial charge is 0.149 e. The normalized spacial score (nSPS) is 10.5. The number of aryl methyl sites for hydroxylation is 1. The lowest BCUT2D eigenvalue weighted by molar-refractivity contribution is 0.961. The first-order chi connectivity index (χ1) is 8.15. The SMILES string of the molecule is Cc1nc(CCNc2ncc(Br)cc2N)cs1. The minimum atomic E-state index is 0.647. The first-order valence-electron chi connectivity index (χ1n) is 5.21. The second-order valence-electron chi connectivity index (χ2n) is 3.63. The molecule has 90 valence electrons. The number of nitrogen functional groups attached to an aromatic ring is 1. The third-order valence-electron chi connectivity index (χ3n) is 2.22. The van der Waals surface area contributed by atoms with E-state index in [1.54, 1.807) is 17.5 Å². The van der Waals surface area contributed by atoms with Gasteiger partial charge in [0.25, 0.3) is 0 Å². The van der Waals surface area contributed by atoms with Gasteiger partial charge in [-0.15, -0.1) is 11.3 Å². The highest BCUT2D eigenvalue weighted by Crippen LogP contribution is 2.19. The zero-order valence-electron chi connectivity index (χ0n) is 9.40. The minimum absolute atomic E-state index is 0.647. The highest BCUT2D eigenvalue weighted by Gasteiger charge is 2.02. The number of pyridine rings is 1. The molecule has 17 heavy (non-hydrogen) atoms. The van der Waals surface area contributed by atoms with Crippen LogP contribution in [0.25, 0.3) is 0 Å². The molecule has 0 aromatic carbocycles. The maximum atomic E-state index is 5.84. The van der Waals surface area contributed by atoms with E-state index in [1.165, 1.54) is 0 Å². The number of aromatic nitrogens is 2. The van der Waals surface area contributed by atoms with Crippen molar-refractivity contribution < 1.29 is 0 Å². The van der Waals surface area contributed by atoms with Crippen LogP contribution in [-0.4, -0.2) is 16.5 Å². The third kappa shape index (κ3) is 3.41. The minimum Gasteiger partial charge on any atom is -0.396 e. The van der Waals surface area contributed by atoms with Crippen LogP contribution in [0.3, 0.4) is 0 Å². The summed E-state index contributed by atoms with van der Waals surface area (Å²) in [6, 6.07) is 1.84. The Labute approximate surface area is 112 Å². The van der Waals surface area contributed by atoms with Crippen LogP contribution in [0.4, 0.5) is 11.5 Å². The number of thiazole rings is 1. The lowest BCUT2D eigenvalue weighted by Crippen LogP contribution is -2.08. The molecule has 2 aromatic rings. The van der Waals surface area contributed by atoms with Gasteiger partial charge in [-0.1, -0.05) is 0 Å². The Morgan fingerprint density at radius 3 is 3.00 bits per heavy atom. The Morgan fingerprint density at radius 2 is 2.35 bits per heavy atom. The van der Waals surface area contributed by atoms with Gasteiger partial charge in [0.1, 0.15) is 5.82 Å². The second-order valence-corrected chi connectivity index (χ2v) is 5.60. The van der Waals surface area contributed by atoms with Gasteiger partial charge < -0.3 is 11.1 Å². The number of anilines is 2. The molecule has 2 heterocycles. The quantitative estimate of drug-likeness (QED) is 0.911. The van der Waals surface area contributed by atoms with Crippen molar-refractivity contribution in [3.63, 3.8) is 0 Å². The molecule has 0 spiro atoms. The molecule has 0 unspecified atom stereocenters. The molecule has 2 rings (SSSR count). The fraction of sp³-hybridized carbons (Fsp3) is 0.273. The molecule has 4 nitrogen and oxygen atoms in total. The number of halogens is 1. The van der Waals surface area contributed by atoms with Crippen LogP contribution >= 0.6 is 27.3 Å². The van der Waals surface area contributed by atoms with Gasteiger partial charge in [-0.2, -0.15) is 0 Å². The van der Waals surface area contributed by atoms with Crippen LogP contribution in [0.1, 0.15) is 10.7 Å². The molecule has 0 saturated carbocycles. The summed E-state index contributed by atoms with van der Waals surface area (Å²) < 4.78 is 0.885. The van der Waals surface area contributed by atoms with E-state index in [0.29, 0.717) is 5.69 Å². The summed E-state index contributed by atoms with van der Waals surface area (Å²) >= 11 is 5.00. The monoisotopic (exact) mass is 312 g/mol. The Balaban J connectivity index is 1.90. The largest absolute Gasteiger partial charge is 0.396 e. The number of nitrogens with two attached hydrogens (primary N) is 1. The lowest BCUT2D eigenvalue weighted by atomic mass is 10.3. The molecular weight excluding hydrogens is 300 g/mol. The van der Waals surface area contributed by atoms with E-state index >= 15 is 0 Å². The summed E-state index contributed by atoms with van der Waals surface area (Å²) in [6.07, 6.45) is 2.60. The van der Waals surface area contributed by atoms with E-state index in [1.807, 2.05) is 13.0 Å². The van der Waals surface area contributed by atoms with E-state index in [0.717, 1.165) is 34.0 Å². The summed E-state index contributed by atoms with van der Waals surface area (Å²) in [6.45, 7) is 2.79. The number of rotatable bonds is 4. The Bertz CT molecular complexity index is 512. The van der Waals surface area contributed by atoms with Crippen LogP contribution in [0, 0.1) is 6.92 Å². The van der Waals surface area contributed by atoms with Crippen molar-refractivity contribution >= 4 is 38.8 Å². The van der Waals surface area contributed by atoms with Crippen LogP contribution in [-0.2, 0) is 6.42 Å². The van der Waals surface area contributed by atoms with Crippen molar-refractivity contribution in [3.8, 4) is 0 Å². The van der Waals surface area contributed by atoms with Crippen molar-refractivity contribution in [2.24, 2.45) is 0 Å². The molecule has 0 aliphatic rings. The van der Waals surface area contributed by atoms with Crippen LogP contribution in [0.2, 0.25) is 0 Å². The second kappa shape index (κ2) is 5.46. The molecular formula is C11H13BrN4S. The summed E-state index contributed by atoms with van der Waals surface area (Å²) in [5.74, 6) is 0.722. The zero-order chi connectivity index (χ0) is 12.3.